The van der Waals surface area contributed by atoms with E-state index in [1.54, 1.807) is 11.1 Å². The zero-order chi connectivity index (χ0) is 23.2. The van der Waals surface area contributed by atoms with Crippen LogP contribution in [-0.4, -0.2) is 90.3 Å². The van der Waals surface area contributed by atoms with Gasteiger partial charge in [0, 0.05) is 38.6 Å². The molecule has 10 nitrogen and oxygen atoms in total. The average molecular weight is 455 g/mol. The first-order valence-electron chi connectivity index (χ1n) is 11.5. The Bertz CT molecular complexity index is 911. The van der Waals surface area contributed by atoms with Crippen LogP contribution in [0.25, 0.3) is 0 Å². The first kappa shape index (κ1) is 23.2. The zero-order valence-electron chi connectivity index (χ0n) is 18.6. The molecule has 3 saturated heterocycles. The van der Waals surface area contributed by atoms with Crippen molar-refractivity contribution >= 4 is 17.8 Å². The van der Waals surface area contributed by atoms with Crippen molar-refractivity contribution in [2.24, 2.45) is 16.8 Å². The second-order valence-electron chi connectivity index (χ2n) is 8.65. The highest BCUT2D eigenvalue weighted by Crippen LogP contribution is 2.31. The van der Waals surface area contributed by atoms with E-state index in [0.717, 1.165) is 6.42 Å². The van der Waals surface area contributed by atoms with Crippen LogP contribution in [0.3, 0.4) is 0 Å². The van der Waals surface area contributed by atoms with Crippen molar-refractivity contribution < 1.29 is 19.5 Å². The molecular formula is C23H30N6O4. The maximum atomic E-state index is 13.4. The number of amides is 2. The van der Waals surface area contributed by atoms with Gasteiger partial charge < -0.3 is 19.9 Å². The molecule has 3 aliphatic heterocycles. The third kappa shape index (κ3) is 5.16. The molecule has 0 radical (unpaired) electrons. The normalized spacial score (nSPS) is 26.1. The minimum atomic E-state index is -0.739. The number of piperidine rings is 1. The third-order valence-corrected chi connectivity index (χ3v) is 6.73. The Morgan fingerprint density at radius 2 is 1.88 bits per heavy atom. The molecule has 1 aromatic carbocycles. The fourth-order valence-electron chi connectivity index (χ4n) is 4.92. The maximum absolute atomic E-state index is 13.4. The number of nitriles is 1. The van der Waals surface area contributed by atoms with Gasteiger partial charge in [-0.3, -0.25) is 14.8 Å². The van der Waals surface area contributed by atoms with Crippen molar-refractivity contribution in [2.45, 2.75) is 18.8 Å². The lowest BCUT2D eigenvalue weighted by atomic mass is 9.84. The number of benzene rings is 1. The summed E-state index contributed by atoms with van der Waals surface area (Å²) in [6.45, 7) is 3.84. The summed E-state index contributed by atoms with van der Waals surface area (Å²) in [6.07, 6.45) is 3.07. The topological polar surface area (TPSA) is 121 Å². The van der Waals surface area contributed by atoms with Gasteiger partial charge in [0.1, 0.15) is 0 Å². The second-order valence-corrected chi connectivity index (χ2v) is 8.65. The number of ether oxygens (including phenoxy) is 1. The van der Waals surface area contributed by atoms with E-state index in [0.29, 0.717) is 57.4 Å². The molecule has 3 atom stereocenters. The molecule has 2 N–H and O–H groups in total. The largest absolute Gasteiger partial charge is 0.378 e. The van der Waals surface area contributed by atoms with E-state index in [4.69, 9.17) is 10.00 Å². The fraction of sp³-hybridized carbons (Fsp3) is 0.565. The lowest BCUT2D eigenvalue weighted by molar-refractivity contribution is -0.162. The quantitative estimate of drug-likeness (QED) is 0.226. The Labute approximate surface area is 193 Å². The summed E-state index contributed by atoms with van der Waals surface area (Å²) in [5.41, 5.74) is 1.22. The summed E-state index contributed by atoms with van der Waals surface area (Å²) in [6, 6.07) is 10.2. The predicted molar refractivity (Wildman–Crippen MR) is 119 cm³/mol. The zero-order valence-corrected chi connectivity index (χ0v) is 18.6. The SMILES string of the molecule is N#CN=C(N1CCOCC1)N(O)C(=O)[C@H]1CNCC[C@@H]1C(=O)N1CC[C@H](c2ccccc2)C1. The molecule has 176 valence electrons. The highest BCUT2D eigenvalue weighted by molar-refractivity contribution is 5.99. The van der Waals surface area contributed by atoms with Crippen LogP contribution in [0.2, 0.25) is 0 Å². The van der Waals surface area contributed by atoms with Crippen LogP contribution in [0.1, 0.15) is 24.3 Å². The van der Waals surface area contributed by atoms with Gasteiger partial charge in [-0.1, -0.05) is 30.3 Å². The average Bonchev–Trinajstić information content (AvgIpc) is 3.37. The standard InChI is InChI=1S/C23H30N6O4/c24-16-26-23(27-10-12-33-13-11-27)29(32)22(31)20-14-25-8-6-19(20)21(30)28-9-7-18(15-28)17-4-2-1-3-5-17/h1-5,18-20,25,32H,6-15H2/t18-,19-,20-/m0/s1. The Morgan fingerprint density at radius 1 is 1.12 bits per heavy atom. The maximum Gasteiger partial charge on any atom is 0.258 e. The first-order chi connectivity index (χ1) is 16.1. The summed E-state index contributed by atoms with van der Waals surface area (Å²) < 4.78 is 5.31. The van der Waals surface area contributed by atoms with Crippen LogP contribution in [0.5, 0.6) is 0 Å². The number of nitrogens with zero attached hydrogens (tertiary/aromatic N) is 5. The number of carbonyl (C=O) groups is 2. The number of rotatable bonds is 3. The van der Waals surface area contributed by atoms with Gasteiger partial charge in [0.15, 0.2) is 0 Å². The molecule has 0 aliphatic carbocycles. The number of morpholine rings is 1. The monoisotopic (exact) mass is 454 g/mol. The van der Waals surface area contributed by atoms with Crippen LogP contribution in [-0.2, 0) is 14.3 Å². The molecular weight excluding hydrogens is 424 g/mol. The van der Waals surface area contributed by atoms with Gasteiger partial charge in [0.25, 0.3) is 5.91 Å². The molecule has 10 heteroatoms. The van der Waals surface area contributed by atoms with Crippen molar-refractivity contribution in [3.63, 3.8) is 0 Å². The Hall–Kier alpha value is -3.00. The fourth-order valence-corrected chi connectivity index (χ4v) is 4.92. The summed E-state index contributed by atoms with van der Waals surface area (Å²) in [5, 5.41) is 23.4. The van der Waals surface area contributed by atoms with Crippen molar-refractivity contribution in [1.29, 1.82) is 5.26 Å². The Kier molecular flexibility index (Phi) is 7.54. The summed E-state index contributed by atoms with van der Waals surface area (Å²) in [5.74, 6) is -1.77. The number of hydroxylamine groups is 2. The second kappa shape index (κ2) is 10.7. The first-order valence-corrected chi connectivity index (χ1v) is 11.5. The minimum Gasteiger partial charge on any atom is -0.378 e. The van der Waals surface area contributed by atoms with E-state index in [2.05, 4.69) is 22.4 Å². The minimum absolute atomic E-state index is 0.0492. The molecule has 3 aliphatic rings. The number of likely N-dealkylation sites (tertiary alicyclic amines) is 1. The van der Waals surface area contributed by atoms with Crippen LogP contribution >= 0.6 is 0 Å². The van der Waals surface area contributed by atoms with Crippen molar-refractivity contribution in [1.82, 2.24) is 20.2 Å². The molecule has 4 rings (SSSR count). The smallest absolute Gasteiger partial charge is 0.258 e. The Balaban J connectivity index is 1.46. The highest BCUT2D eigenvalue weighted by atomic mass is 16.5. The summed E-state index contributed by atoms with van der Waals surface area (Å²) in [7, 11) is 0. The Morgan fingerprint density at radius 3 is 2.61 bits per heavy atom. The number of guanidine groups is 1. The van der Waals surface area contributed by atoms with E-state index in [-0.39, 0.29) is 24.3 Å². The molecule has 3 fully saturated rings. The molecule has 2 amide bonds. The molecule has 3 heterocycles. The van der Waals surface area contributed by atoms with Gasteiger partial charge >= 0.3 is 0 Å². The third-order valence-electron chi connectivity index (χ3n) is 6.73. The van der Waals surface area contributed by atoms with Gasteiger partial charge in [-0.15, -0.1) is 4.99 Å². The van der Waals surface area contributed by atoms with Crippen LogP contribution in [0.15, 0.2) is 35.3 Å². The highest BCUT2D eigenvalue weighted by Gasteiger charge is 2.42. The van der Waals surface area contributed by atoms with Gasteiger partial charge in [-0.2, -0.15) is 10.3 Å². The van der Waals surface area contributed by atoms with E-state index in [1.165, 1.54) is 5.56 Å². The molecule has 33 heavy (non-hydrogen) atoms. The van der Waals surface area contributed by atoms with Gasteiger partial charge in [-0.05, 0) is 24.9 Å². The summed E-state index contributed by atoms with van der Waals surface area (Å²) in [4.78, 5) is 33.9. The molecule has 0 saturated carbocycles. The lowest BCUT2D eigenvalue weighted by Gasteiger charge is -2.36. The molecule has 0 bridgehead atoms. The van der Waals surface area contributed by atoms with Crippen molar-refractivity contribution in [2.75, 3.05) is 52.5 Å². The molecule has 0 aromatic heterocycles. The van der Waals surface area contributed by atoms with E-state index >= 15 is 0 Å². The molecule has 0 spiro atoms. The predicted octanol–water partition coefficient (Wildman–Crippen LogP) is 0.615. The number of carbonyl (C=O) groups excluding carboxylic acids is 2. The van der Waals surface area contributed by atoms with E-state index < -0.39 is 17.7 Å². The van der Waals surface area contributed by atoms with Gasteiger partial charge in [0.05, 0.1) is 25.0 Å². The van der Waals surface area contributed by atoms with Crippen molar-refractivity contribution in [3.8, 4) is 6.19 Å². The number of nitrogens with one attached hydrogen (secondary N) is 1. The number of aliphatic imine (C=N–C) groups is 1. The molecule has 1 aromatic rings. The lowest BCUT2D eigenvalue weighted by Crippen LogP contribution is -2.56. The van der Waals surface area contributed by atoms with Crippen molar-refractivity contribution in [3.05, 3.63) is 35.9 Å². The molecule has 0 unspecified atom stereocenters. The van der Waals surface area contributed by atoms with Crippen LogP contribution < -0.4 is 5.32 Å². The van der Waals surface area contributed by atoms with Crippen LogP contribution in [0, 0.1) is 23.3 Å². The van der Waals surface area contributed by atoms with Gasteiger partial charge in [-0.25, -0.2) is 0 Å². The van der Waals surface area contributed by atoms with E-state index in [9.17, 15) is 14.8 Å². The van der Waals surface area contributed by atoms with Crippen LogP contribution in [0.4, 0.5) is 0 Å². The number of hydrogen-bond donors (Lipinski definition) is 2. The summed E-state index contributed by atoms with van der Waals surface area (Å²) >= 11 is 0. The van der Waals surface area contributed by atoms with Gasteiger partial charge in [0.2, 0.25) is 18.1 Å². The number of hydrogen-bond acceptors (Lipinski definition) is 7. The van der Waals surface area contributed by atoms with E-state index in [1.807, 2.05) is 23.1 Å².